The van der Waals surface area contributed by atoms with Crippen LogP contribution in [0.15, 0.2) is 42.5 Å². The Morgan fingerprint density at radius 2 is 1.88 bits per heavy atom. The standard InChI is InChI=1S/C23H20ClFN4O4/c24-14-3-1-2-13-19(14)27-22(33)23(13)18-17(15(28-23)8-9-16(26)30)20(31)29(21(18)32)10-11-4-6-12(25)7-5-11/h1-7,15,17-18,28H,8-10H2,(H2,26,30)(H,27,33)/p+1/t15-,17+,18-,23-/m0/s1. The van der Waals surface area contributed by atoms with E-state index in [0.717, 1.165) is 4.90 Å². The fourth-order valence-electron chi connectivity index (χ4n) is 5.52. The summed E-state index contributed by atoms with van der Waals surface area (Å²) in [6.45, 7) is -0.0341. The molecule has 2 saturated heterocycles. The van der Waals surface area contributed by atoms with Crippen molar-refractivity contribution in [3.8, 4) is 0 Å². The molecule has 2 fully saturated rings. The summed E-state index contributed by atoms with van der Waals surface area (Å²) in [6, 6.07) is 10.1. The van der Waals surface area contributed by atoms with E-state index in [1.54, 1.807) is 23.5 Å². The van der Waals surface area contributed by atoms with Gasteiger partial charge in [0.15, 0.2) is 0 Å². The van der Waals surface area contributed by atoms with Crippen LogP contribution in [0.1, 0.15) is 24.0 Å². The SMILES string of the molecule is NC(=O)CC[C@@H]1[NH2+][C@]2(C(=O)Nc3c(Cl)cccc32)[C@@H]2C(=O)N(Cc3ccc(F)cc3)C(=O)[C@H]12. The summed E-state index contributed by atoms with van der Waals surface area (Å²) in [5, 5.41) is 4.85. The van der Waals surface area contributed by atoms with E-state index in [-0.39, 0.29) is 19.4 Å². The van der Waals surface area contributed by atoms with Crippen LogP contribution in [-0.2, 0) is 31.3 Å². The van der Waals surface area contributed by atoms with Gasteiger partial charge in [0.1, 0.15) is 23.7 Å². The maximum atomic E-state index is 13.7. The molecule has 1 spiro atoms. The second-order valence-electron chi connectivity index (χ2n) is 8.71. The van der Waals surface area contributed by atoms with E-state index in [1.165, 1.54) is 24.3 Å². The topological polar surface area (TPSA) is 126 Å². The highest BCUT2D eigenvalue weighted by atomic mass is 35.5. The van der Waals surface area contributed by atoms with E-state index >= 15 is 0 Å². The number of imide groups is 1. The molecule has 33 heavy (non-hydrogen) atoms. The zero-order valence-electron chi connectivity index (χ0n) is 17.4. The molecule has 4 amide bonds. The summed E-state index contributed by atoms with van der Waals surface area (Å²) in [4.78, 5) is 53.1. The molecule has 8 nitrogen and oxygen atoms in total. The smallest absolute Gasteiger partial charge is 0.291 e. The first-order chi connectivity index (χ1) is 15.7. The highest BCUT2D eigenvalue weighted by molar-refractivity contribution is 6.35. The van der Waals surface area contributed by atoms with Crippen molar-refractivity contribution in [1.29, 1.82) is 0 Å². The number of likely N-dealkylation sites (tertiary alicyclic amines) is 1. The van der Waals surface area contributed by atoms with E-state index in [1.807, 2.05) is 0 Å². The van der Waals surface area contributed by atoms with Gasteiger partial charge >= 0.3 is 0 Å². The van der Waals surface area contributed by atoms with Crippen molar-refractivity contribution < 1.29 is 28.9 Å². The van der Waals surface area contributed by atoms with Crippen LogP contribution < -0.4 is 16.4 Å². The number of nitrogens with zero attached hydrogens (tertiary/aromatic N) is 1. The Morgan fingerprint density at radius 3 is 2.58 bits per heavy atom. The quantitative estimate of drug-likeness (QED) is 0.553. The van der Waals surface area contributed by atoms with Crippen LogP contribution in [0.3, 0.4) is 0 Å². The third-order valence-corrected chi connectivity index (χ3v) is 7.24. The van der Waals surface area contributed by atoms with Crippen molar-refractivity contribution in [2.24, 2.45) is 17.6 Å². The maximum Gasteiger partial charge on any atom is 0.291 e. The van der Waals surface area contributed by atoms with Crippen LogP contribution >= 0.6 is 11.6 Å². The number of nitrogens with one attached hydrogen (secondary N) is 1. The van der Waals surface area contributed by atoms with Crippen molar-refractivity contribution in [1.82, 2.24) is 4.90 Å². The Bertz CT molecular complexity index is 1200. The average molecular weight is 472 g/mol. The van der Waals surface area contributed by atoms with Gasteiger partial charge in [0, 0.05) is 18.4 Å². The minimum absolute atomic E-state index is 0.0178. The molecule has 4 atom stereocenters. The predicted molar refractivity (Wildman–Crippen MR) is 115 cm³/mol. The van der Waals surface area contributed by atoms with E-state index < -0.39 is 52.9 Å². The molecule has 3 aliphatic rings. The number of carbonyl (C=O) groups excluding carboxylic acids is 4. The largest absolute Gasteiger partial charge is 0.370 e. The Labute approximate surface area is 193 Å². The number of rotatable bonds is 5. The first-order valence-electron chi connectivity index (χ1n) is 10.6. The van der Waals surface area contributed by atoms with Crippen molar-refractivity contribution in [2.45, 2.75) is 31.0 Å². The van der Waals surface area contributed by atoms with E-state index in [2.05, 4.69) is 5.32 Å². The lowest BCUT2D eigenvalue weighted by molar-refractivity contribution is -0.734. The Kier molecular flexibility index (Phi) is 4.98. The lowest BCUT2D eigenvalue weighted by Crippen LogP contribution is -2.99. The lowest BCUT2D eigenvalue weighted by atomic mass is 9.76. The highest BCUT2D eigenvalue weighted by Crippen LogP contribution is 2.51. The van der Waals surface area contributed by atoms with Gasteiger partial charge in [-0.25, -0.2) is 4.39 Å². The van der Waals surface area contributed by atoms with Gasteiger partial charge in [-0.1, -0.05) is 29.8 Å². The summed E-state index contributed by atoms with van der Waals surface area (Å²) in [5.74, 6) is -4.05. The molecule has 3 heterocycles. The predicted octanol–water partition coefficient (Wildman–Crippen LogP) is 0.639. The van der Waals surface area contributed by atoms with Crippen LogP contribution in [-0.4, -0.2) is 34.6 Å². The summed E-state index contributed by atoms with van der Waals surface area (Å²) < 4.78 is 13.3. The molecule has 0 aromatic heterocycles. The van der Waals surface area contributed by atoms with Crippen molar-refractivity contribution in [2.75, 3.05) is 5.32 Å². The molecule has 170 valence electrons. The van der Waals surface area contributed by atoms with Crippen LogP contribution in [0.2, 0.25) is 5.02 Å². The first kappa shape index (κ1) is 21.5. The molecular formula is C23H21ClFN4O4+. The summed E-state index contributed by atoms with van der Waals surface area (Å²) in [7, 11) is 0. The van der Waals surface area contributed by atoms with Gasteiger partial charge in [-0.3, -0.25) is 24.1 Å². The molecule has 2 aromatic carbocycles. The third-order valence-electron chi connectivity index (χ3n) is 6.92. The number of amides is 4. The second kappa shape index (κ2) is 7.64. The van der Waals surface area contributed by atoms with Crippen LogP contribution in [0.5, 0.6) is 0 Å². The minimum atomic E-state index is -1.38. The highest BCUT2D eigenvalue weighted by Gasteiger charge is 2.74. The van der Waals surface area contributed by atoms with Crippen molar-refractivity contribution in [3.63, 3.8) is 0 Å². The second-order valence-corrected chi connectivity index (χ2v) is 9.12. The number of primary amides is 1. The fourth-order valence-corrected chi connectivity index (χ4v) is 5.74. The molecule has 0 bridgehead atoms. The molecule has 2 aromatic rings. The molecule has 0 unspecified atom stereocenters. The number of halogens is 2. The van der Waals surface area contributed by atoms with Gasteiger partial charge in [0.2, 0.25) is 23.3 Å². The first-order valence-corrected chi connectivity index (χ1v) is 11.0. The van der Waals surface area contributed by atoms with E-state index in [0.29, 0.717) is 21.8 Å². The Hall–Kier alpha value is -3.30. The summed E-state index contributed by atoms with van der Waals surface area (Å²) >= 11 is 6.31. The number of hydrogen-bond donors (Lipinski definition) is 3. The van der Waals surface area contributed by atoms with Crippen LogP contribution in [0, 0.1) is 17.7 Å². The molecule has 5 N–H and O–H groups in total. The van der Waals surface area contributed by atoms with Gasteiger partial charge in [-0.05, 0) is 29.8 Å². The number of fused-ring (bicyclic) bond motifs is 4. The van der Waals surface area contributed by atoms with Gasteiger partial charge in [-0.15, -0.1) is 0 Å². The number of anilines is 1. The van der Waals surface area contributed by atoms with Gasteiger partial charge < -0.3 is 16.4 Å². The number of hydrogen-bond acceptors (Lipinski definition) is 4. The average Bonchev–Trinajstić information content (AvgIpc) is 3.35. The fraction of sp³-hybridized carbons (Fsp3) is 0.304. The van der Waals surface area contributed by atoms with Crippen LogP contribution in [0.25, 0.3) is 0 Å². The number of quaternary nitrogens is 1. The molecule has 10 heteroatoms. The zero-order valence-corrected chi connectivity index (χ0v) is 18.1. The van der Waals surface area contributed by atoms with E-state index in [9.17, 15) is 23.6 Å². The molecule has 5 rings (SSSR count). The third kappa shape index (κ3) is 3.14. The van der Waals surface area contributed by atoms with Gasteiger partial charge in [0.25, 0.3) is 5.91 Å². The number of nitrogens with two attached hydrogens (primary N) is 2. The zero-order chi connectivity index (χ0) is 23.5. The number of carbonyl (C=O) groups is 4. The summed E-state index contributed by atoms with van der Waals surface area (Å²) in [5.41, 5.74) is 5.51. The van der Waals surface area contributed by atoms with Gasteiger partial charge in [0.05, 0.1) is 17.3 Å². The van der Waals surface area contributed by atoms with Crippen molar-refractivity contribution >= 4 is 40.9 Å². The minimum Gasteiger partial charge on any atom is -0.370 e. The van der Waals surface area contributed by atoms with Crippen molar-refractivity contribution in [3.05, 3.63) is 64.4 Å². The van der Waals surface area contributed by atoms with Gasteiger partial charge in [-0.2, -0.15) is 0 Å². The maximum absolute atomic E-state index is 13.7. The molecule has 3 aliphatic heterocycles. The monoisotopic (exact) mass is 471 g/mol. The molecular weight excluding hydrogens is 451 g/mol. The van der Waals surface area contributed by atoms with E-state index in [4.69, 9.17) is 17.3 Å². The normalized spacial score (nSPS) is 27.8. The molecule has 0 radical (unpaired) electrons. The Morgan fingerprint density at radius 1 is 1.15 bits per heavy atom. The lowest BCUT2D eigenvalue weighted by Gasteiger charge is -2.26. The Balaban J connectivity index is 1.58. The molecule has 0 aliphatic carbocycles. The number of para-hydroxylation sites is 1. The summed E-state index contributed by atoms with van der Waals surface area (Å²) in [6.07, 6.45) is 0.259. The van der Waals surface area contributed by atoms with Crippen LogP contribution in [0.4, 0.5) is 10.1 Å². The number of benzene rings is 2. The molecule has 0 saturated carbocycles.